The number of nitrogen functional groups attached to an aromatic ring is 1. The number of rotatable bonds is 13. The number of anilines is 5. The number of hydrogen-bond acceptors (Lipinski definition) is 17. The van der Waals surface area contributed by atoms with Crippen molar-refractivity contribution in [3.8, 4) is 12.1 Å². The molecular weight excluding hydrogens is 845 g/mol. The summed E-state index contributed by atoms with van der Waals surface area (Å²) >= 11 is 0. The van der Waals surface area contributed by atoms with Gasteiger partial charge in [0.25, 0.3) is 11.1 Å². The molecule has 6 aromatic rings. The average molecular weight is 901 g/mol. The van der Waals surface area contributed by atoms with Gasteiger partial charge in [0.2, 0.25) is 11.1 Å². The lowest BCUT2D eigenvalue weighted by atomic mass is 10.2. The fourth-order valence-electron chi connectivity index (χ4n) is 7.63. The summed E-state index contributed by atoms with van der Waals surface area (Å²) in [6.45, 7) is 3.68. The highest BCUT2D eigenvalue weighted by Gasteiger charge is 2.24. The van der Waals surface area contributed by atoms with Gasteiger partial charge in [0.05, 0.1) is 34.6 Å². The molecule has 2 fully saturated rings. The van der Waals surface area contributed by atoms with Crippen LogP contribution in [0.4, 0.5) is 29.0 Å². The lowest BCUT2D eigenvalue weighted by Gasteiger charge is -2.17. The van der Waals surface area contributed by atoms with Crippen LogP contribution in [0, 0.1) is 22.7 Å². The van der Waals surface area contributed by atoms with Gasteiger partial charge in [0.1, 0.15) is 46.2 Å². The minimum atomic E-state index is -1.31. The van der Waals surface area contributed by atoms with Crippen molar-refractivity contribution < 1.29 is 4.21 Å². The van der Waals surface area contributed by atoms with Gasteiger partial charge in [-0.05, 0) is 90.3 Å². The first-order chi connectivity index (χ1) is 31.3. The summed E-state index contributed by atoms with van der Waals surface area (Å²) in [7, 11) is 6.84. The molecule has 65 heavy (non-hydrogen) atoms. The zero-order valence-corrected chi connectivity index (χ0v) is 38.3. The summed E-state index contributed by atoms with van der Waals surface area (Å²) in [5.41, 5.74) is 8.06. The van der Waals surface area contributed by atoms with Crippen LogP contribution in [0.15, 0.2) is 75.9 Å². The first-order valence-electron chi connectivity index (χ1n) is 21.5. The number of pyridine rings is 4. The minimum absolute atomic E-state index is 0.0568. The summed E-state index contributed by atoms with van der Waals surface area (Å²) in [6.07, 6.45) is 16.1. The highest BCUT2D eigenvalue weighted by atomic mass is 32.2. The topological polar surface area (TPSA) is 255 Å². The largest absolute Gasteiger partial charge is 0.384 e. The summed E-state index contributed by atoms with van der Waals surface area (Å²) in [4.78, 5) is 55.3. The van der Waals surface area contributed by atoms with Gasteiger partial charge < -0.3 is 31.5 Å². The van der Waals surface area contributed by atoms with Gasteiger partial charge in [0.15, 0.2) is 0 Å². The van der Waals surface area contributed by atoms with Gasteiger partial charge >= 0.3 is 0 Å². The third kappa shape index (κ3) is 12.7. The molecule has 8 rings (SSSR count). The highest BCUT2D eigenvalue weighted by Crippen LogP contribution is 2.32. The van der Waals surface area contributed by atoms with Crippen LogP contribution in [0.2, 0.25) is 0 Å². The van der Waals surface area contributed by atoms with Gasteiger partial charge in [-0.2, -0.15) is 15.5 Å². The van der Waals surface area contributed by atoms with Gasteiger partial charge in [-0.1, -0.05) is 25.7 Å². The Labute approximate surface area is 380 Å². The van der Waals surface area contributed by atoms with E-state index in [4.69, 9.17) is 11.0 Å². The molecule has 0 saturated heterocycles. The van der Waals surface area contributed by atoms with Crippen LogP contribution in [0.1, 0.15) is 74.6 Å². The normalized spacial score (nSPS) is 14.3. The molecule has 0 aliphatic heterocycles. The second-order valence-electron chi connectivity index (χ2n) is 16.4. The predicted octanol–water partition coefficient (Wildman–Crippen LogP) is 5.04. The van der Waals surface area contributed by atoms with E-state index in [0.717, 1.165) is 88.9 Å². The Morgan fingerprint density at radius 1 is 0.708 bits per heavy atom. The van der Waals surface area contributed by atoms with E-state index in [1.165, 1.54) is 18.5 Å². The van der Waals surface area contributed by atoms with Crippen molar-refractivity contribution in [1.29, 1.82) is 10.5 Å². The van der Waals surface area contributed by atoms with E-state index in [-0.39, 0.29) is 39.5 Å². The molecule has 2 saturated carbocycles. The summed E-state index contributed by atoms with van der Waals surface area (Å²) in [5.74, 6) is 1.53. The maximum absolute atomic E-state index is 12.9. The molecule has 0 spiro atoms. The smallest absolute Gasteiger partial charge is 0.270 e. The monoisotopic (exact) mass is 900 g/mol. The summed E-state index contributed by atoms with van der Waals surface area (Å²) in [6, 6.07) is 14.7. The number of hydrogen-bond donors (Lipinski definition) is 4. The molecule has 2 aliphatic carbocycles. The van der Waals surface area contributed by atoms with Crippen molar-refractivity contribution in [3.05, 3.63) is 93.0 Å². The molecule has 19 nitrogen and oxygen atoms in total. The average Bonchev–Trinajstić information content (AvgIpc) is 4.03. The van der Waals surface area contributed by atoms with E-state index in [1.54, 1.807) is 39.9 Å². The molecular formula is C45H56N16O3S. The van der Waals surface area contributed by atoms with Crippen molar-refractivity contribution in [2.24, 2.45) is 0 Å². The second kappa shape index (κ2) is 22.7. The van der Waals surface area contributed by atoms with Crippen LogP contribution in [-0.2, 0) is 10.8 Å². The van der Waals surface area contributed by atoms with Crippen LogP contribution in [0.5, 0.6) is 0 Å². The van der Waals surface area contributed by atoms with E-state index in [0.29, 0.717) is 39.7 Å². The lowest BCUT2D eigenvalue weighted by Crippen LogP contribution is -2.27. The third-order valence-electron chi connectivity index (χ3n) is 11.0. The van der Waals surface area contributed by atoms with Crippen LogP contribution < -0.4 is 32.8 Å². The predicted molar refractivity (Wildman–Crippen MR) is 255 cm³/mol. The van der Waals surface area contributed by atoms with Gasteiger partial charge in [0, 0.05) is 67.7 Å². The van der Waals surface area contributed by atoms with Crippen molar-refractivity contribution in [2.75, 3.05) is 82.3 Å². The third-order valence-corrected chi connectivity index (χ3v) is 11.7. The molecule has 6 heterocycles. The molecule has 20 heteroatoms. The van der Waals surface area contributed by atoms with E-state index in [1.807, 2.05) is 58.5 Å². The van der Waals surface area contributed by atoms with Gasteiger partial charge in [-0.3, -0.25) is 22.9 Å². The number of nitrogens with zero attached hydrogens (tertiary/aromatic N) is 12. The maximum atomic E-state index is 12.9. The number of fused-ring (bicyclic) bond motifs is 2. The lowest BCUT2D eigenvalue weighted by molar-refractivity contribution is 0.425. The quantitative estimate of drug-likeness (QED) is 0.111. The molecule has 6 aromatic heterocycles. The molecule has 0 radical (unpaired) electrons. The summed E-state index contributed by atoms with van der Waals surface area (Å²) in [5, 5.41) is 29.7. The Bertz CT molecular complexity index is 2790. The second-order valence-corrected chi connectivity index (χ2v) is 17.7. The van der Waals surface area contributed by atoms with Gasteiger partial charge in [-0.25, -0.2) is 24.9 Å². The van der Waals surface area contributed by atoms with Gasteiger partial charge in [-0.15, -0.1) is 0 Å². The van der Waals surface area contributed by atoms with Crippen molar-refractivity contribution >= 4 is 61.8 Å². The maximum Gasteiger partial charge on any atom is 0.270 e. The molecule has 0 bridgehead atoms. The minimum Gasteiger partial charge on any atom is -0.384 e. The zero-order chi connectivity index (χ0) is 46.5. The number of nitrogens with two attached hydrogens (primary N) is 1. The number of likely N-dealkylation sites (N-methyl/N-ethyl adjacent to an activating group) is 2. The fraction of sp³-hybridized carbons (Fsp3) is 0.422. The van der Waals surface area contributed by atoms with Crippen LogP contribution in [-0.4, -0.2) is 114 Å². The fourth-order valence-corrected chi connectivity index (χ4v) is 8.05. The van der Waals surface area contributed by atoms with Crippen LogP contribution in [0.3, 0.4) is 0 Å². The molecule has 340 valence electrons. The molecule has 0 aromatic carbocycles. The molecule has 1 unspecified atom stereocenters. The van der Waals surface area contributed by atoms with Crippen LogP contribution >= 0.6 is 0 Å². The van der Waals surface area contributed by atoms with E-state index in [9.17, 15) is 19.1 Å². The molecule has 0 amide bonds. The number of nitrogens with one attached hydrogen (secondary N) is 3. The SMILES string of the molecule is CN(C)CCNc1ccc(N)nc1.CN(C)CCNc1ccc(Nc2ncc3cc(C#N)c(=O)n(C4CCCC4)c3n2)nc1.CS(=O)c1ncc2cc(C#N)c(=O)n(C3CCCC3)c2n1. The van der Waals surface area contributed by atoms with Crippen molar-refractivity contribution in [2.45, 2.75) is 68.6 Å². The van der Waals surface area contributed by atoms with E-state index < -0.39 is 10.8 Å². The van der Waals surface area contributed by atoms with Crippen molar-refractivity contribution in [1.82, 2.24) is 48.8 Å². The van der Waals surface area contributed by atoms with Crippen molar-refractivity contribution in [3.63, 3.8) is 0 Å². The number of nitriles is 2. The first kappa shape index (κ1) is 47.6. The Hall–Kier alpha value is -6.87. The Balaban J connectivity index is 0.000000177. The summed E-state index contributed by atoms with van der Waals surface area (Å²) < 4.78 is 14.9. The Kier molecular flexibility index (Phi) is 16.6. The molecule has 1 atom stereocenters. The first-order valence-corrected chi connectivity index (χ1v) is 23.1. The van der Waals surface area contributed by atoms with E-state index in [2.05, 4.69) is 55.7 Å². The highest BCUT2D eigenvalue weighted by molar-refractivity contribution is 7.84. The zero-order valence-electron chi connectivity index (χ0n) is 37.5. The molecule has 2 aliphatic rings. The Morgan fingerprint density at radius 3 is 1.65 bits per heavy atom. The number of aromatic nitrogens is 8. The van der Waals surface area contributed by atoms with E-state index >= 15 is 0 Å². The Morgan fingerprint density at radius 2 is 1.20 bits per heavy atom. The van der Waals surface area contributed by atoms with Crippen LogP contribution in [0.25, 0.3) is 22.1 Å². The molecule has 5 N–H and O–H groups in total. The standard InChI is InChI=1S/C22H26N8O.C14H14N4O2S.C9H16N4/c1-29(2)10-9-24-17-7-8-19(25-14-17)27-22-26-13-16-11-15(12-23)21(31)30(20(16)28-22)18-5-3-4-6-18;1-21(20)14-16-8-10-6-9(7-15)13(19)18(12(10)17-14)11-4-2-3-5-11;1-13(2)6-5-11-8-3-4-9(10)12-7-8/h7-8,11,13-14,18,24H,3-6,9-10H2,1-2H3,(H,25,26,27,28);6,8,11H,2-5H2,1H3;3-4,7,11H,5-6H2,1-2H3,(H2,10,12).